The van der Waals surface area contributed by atoms with Crippen molar-refractivity contribution >= 4 is 23.3 Å². The van der Waals surface area contributed by atoms with Gasteiger partial charge in [-0.2, -0.15) is 5.26 Å². The minimum absolute atomic E-state index is 0.673. The number of imidazole rings is 1. The molecule has 1 N–H and O–H groups in total. The number of hydrogen-bond acceptors (Lipinski definition) is 2. The number of nitrogens with one attached hydrogen (secondary N) is 1. The lowest BCUT2D eigenvalue weighted by Gasteiger charge is -2.02. The smallest absolute Gasteiger partial charge is 0.178 e. The molecule has 0 saturated carbocycles. The second kappa shape index (κ2) is 4.50. The van der Waals surface area contributed by atoms with Crippen molar-refractivity contribution in [3.05, 3.63) is 28.5 Å². The van der Waals surface area contributed by atoms with Gasteiger partial charge in [0.1, 0.15) is 0 Å². The van der Waals surface area contributed by atoms with Crippen LogP contribution in [0.15, 0.2) is 18.2 Å². The van der Waals surface area contributed by atoms with E-state index in [1.54, 1.807) is 6.07 Å². The van der Waals surface area contributed by atoms with Gasteiger partial charge in [0.2, 0.25) is 0 Å². The van der Waals surface area contributed by atoms with Gasteiger partial charge >= 0.3 is 0 Å². The number of aromatic nitrogens is 2. The van der Waals surface area contributed by atoms with Crippen LogP contribution in [0, 0.1) is 16.1 Å². The third-order valence-corrected chi connectivity index (χ3v) is 2.96. The quantitative estimate of drug-likeness (QED) is 0.823. The third kappa shape index (κ3) is 1.86. The van der Waals surface area contributed by atoms with Gasteiger partial charge in [0, 0.05) is 6.54 Å². The minimum Gasteiger partial charge on any atom is -0.331 e. The zero-order chi connectivity index (χ0) is 11.5. The molecule has 1 aromatic carbocycles. The molecule has 0 aliphatic heterocycles. The maximum absolute atomic E-state index is 8.88. The van der Waals surface area contributed by atoms with E-state index in [2.05, 4.69) is 22.5 Å². The highest BCUT2D eigenvalue weighted by Crippen LogP contribution is 2.16. The maximum Gasteiger partial charge on any atom is 0.178 e. The van der Waals surface area contributed by atoms with E-state index < -0.39 is 0 Å². The molecule has 0 radical (unpaired) electrons. The van der Waals surface area contributed by atoms with E-state index >= 15 is 0 Å². The Morgan fingerprint density at radius 2 is 2.31 bits per heavy atom. The first-order chi connectivity index (χ1) is 7.76. The van der Waals surface area contributed by atoms with Crippen molar-refractivity contribution in [1.82, 2.24) is 9.55 Å². The first kappa shape index (κ1) is 10.9. The van der Waals surface area contributed by atoms with Gasteiger partial charge in [-0.3, -0.25) is 0 Å². The summed E-state index contributed by atoms with van der Waals surface area (Å²) in [5, 5.41) is 8.88. The second-order valence-electron chi connectivity index (χ2n) is 3.78. The molecule has 0 aliphatic carbocycles. The van der Waals surface area contributed by atoms with Crippen molar-refractivity contribution < 1.29 is 0 Å². The monoisotopic (exact) mass is 231 g/mol. The lowest BCUT2D eigenvalue weighted by molar-refractivity contribution is 0.639. The highest BCUT2D eigenvalue weighted by molar-refractivity contribution is 7.71. The van der Waals surface area contributed by atoms with E-state index in [9.17, 15) is 0 Å². The summed E-state index contributed by atoms with van der Waals surface area (Å²) in [5.74, 6) is 0. The van der Waals surface area contributed by atoms with Crippen molar-refractivity contribution in [1.29, 1.82) is 5.26 Å². The highest BCUT2D eigenvalue weighted by atomic mass is 32.1. The molecule has 0 bridgehead atoms. The van der Waals surface area contributed by atoms with Gasteiger partial charge < -0.3 is 9.55 Å². The topological polar surface area (TPSA) is 44.5 Å². The van der Waals surface area contributed by atoms with E-state index in [0.29, 0.717) is 5.56 Å². The van der Waals surface area contributed by atoms with Crippen LogP contribution in [0.25, 0.3) is 11.0 Å². The summed E-state index contributed by atoms with van der Waals surface area (Å²) in [7, 11) is 0. The van der Waals surface area contributed by atoms with Crippen molar-refractivity contribution in [2.24, 2.45) is 0 Å². The summed E-state index contributed by atoms with van der Waals surface area (Å²) in [4.78, 5) is 3.16. The van der Waals surface area contributed by atoms with Crippen LogP contribution in [0.2, 0.25) is 0 Å². The van der Waals surface area contributed by atoms with Crippen LogP contribution in [-0.4, -0.2) is 9.55 Å². The molecule has 0 saturated heterocycles. The van der Waals surface area contributed by atoms with Gasteiger partial charge in [0.25, 0.3) is 0 Å². The average molecular weight is 231 g/mol. The number of aryl methyl sites for hydroxylation is 1. The fraction of sp³-hybridized carbons (Fsp3) is 0.333. The molecule has 82 valence electrons. The van der Waals surface area contributed by atoms with Crippen LogP contribution in [0.5, 0.6) is 0 Å². The van der Waals surface area contributed by atoms with E-state index in [-0.39, 0.29) is 0 Å². The Bertz CT molecular complexity index is 601. The Morgan fingerprint density at radius 3 is 3.00 bits per heavy atom. The number of nitrogens with zero attached hydrogens (tertiary/aromatic N) is 2. The Balaban J connectivity index is 2.58. The Kier molecular flexibility index (Phi) is 3.07. The number of nitriles is 1. The molecule has 0 aliphatic rings. The minimum atomic E-state index is 0.673. The molecule has 4 heteroatoms. The SMILES string of the molecule is CCCCn1c(=S)[nH]c2ccc(C#N)cc21. The van der Waals surface area contributed by atoms with E-state index in [4.69, 9.17) is 17.5 Å². The number of benzene rings is 1. The van der Waals surface area contributed by atoms with Crippen LogP contribution in [0.3, 0.4) is 0 Å². The van der Waals surface area contributed by atoms with Gasteiger partial charge in [-0.05, 0) is 36.8 Å². The molecule has 1 heterocycles. The van der Waals surface area contributed by atoms with Crippen LogP contribution in [0.4, 0.5) is 0 Å². The Morgan fingerprint density at radius 1 is 1.50 bits per heavy atom. The van der Waals surface area contributed by atoms with Crippen molar-refractivity contribution in [2.75, 3.05) is 0 Å². The summed E-state index contributed by atoms with van der Waals surface area (Å²) < 4.78 is 2.80. The molecule has 0 spiro atoms. The van der Waals surface area contributed by atoms with E-state index in [1.165, 1.54) is 0 Å². The number of aromatic amines is 1. The largest absolute Gasteiger partial charge is 0.331 e. The zero-order valence-corrected chi connectivity index (χ0v) is 9.97. The van der Waals surface area contributed by atoms with Crippen LogP contribution < -0.4 is 0 Å². The van der Waals surface area contributed by atoms with Crippen LogP contribution in [0.1, 0.15) is 25.3 Å². The molecule has 3 nitrogen and oxygen atoms in total. The summed E-state index contributed by atoms with van der Waals surface area (Å²) in [6.45, 7) is 3.06. The Hall–Kier alpha value is -1.60. The van der Waals surface area contributed by atoms with Gasteiger partial charge in [-0.15, -0.1) is 0 Å². The zero-order valence-electron chi connectivity index (χ0n) is 9.16. The number of H-pyrrole nitrogens is 1. The maximum atomic E-state index is 8.88. The summed E-state index contributed by atoms with van der Waals surface area (Å²) in [6.07, 6.45) is 2.23. The van der Waals surface area contributed by atoms with Gasteiger partial charge in [0.15, 0.2) is 4.77 Å². The molecular formula is C12H13N3S. The molecule has 2 aromatic rings. The van der Waals surface area contributed by atoms with Crippen molar-refractivity contribution in [3.63, 3.8) is 0 Å². The normalized spacial score (nSPS) is 10.5. The lowest BCUT2D eigenvalue weighted by Crippen LogP contribution is -1.97. The van der Waals surface area contributed by atoms with Crippen LogP contribution >= 0.6 is 12.2 Å². The molecule has 2 rings (SSSR count). The fourth-order valence-corrected chi connectivity index (χ4v) is 2.06. The standard InChI is InChI=1S/C12H13N3S/c1-2-3-6-15-11-7-9(8-13)4-5-10(11)14-12(15)16/h4-5,7H,2-3,6H2,1H3,(H,14,16). The fourth-order valence-electron chi connectivity index (χ4n) is 1.76. The second-order valence-corrected chi connectivity index (χ2v) is 4.17. The molecular weight excluding hydrogens is 218 g/mol. The summed E-state index contributed by atoms with van der Waals surface area (Å²) in [6, 6.07) is 7.75. The lowest BCUT2D eigenvalue weighted by atomic mass is 10.2. The number of hydrogen-bond donors (Lipinski definition) is 1. The average Bonchev–Trinajstić information content (AvgIpc) is 2.61. The van der Waals surface area contributed by atoms with Crippen LogP contribution in [-0.2, 0) is 6.54 Å². The predicted molar refractivity (Wildman–Crippen MR) is 66.7 cm³/mol. The predicted octanol–water partition coefficient (Wildman–Crippen LogP) is 3.37. The van der Waals surface area contributed by atoms with Gasteiger partial charge in [-0.25, -0.2) is 0 Å². The number of rotatable bonds is 3. The molecule has 0 atom stereocenters. The first-order valence-electron chi connectivity index (χ1n) is 5.39. The van der Waals surface area contributed by atoms with E-state index in [0.717, 1.165) is 35.2 Å². The van der Waals surface area contributed by atoms with Gasteiger partial charge in [0.05, 0.1) is 22.7 Å². The molecule has 0 amide bonds. The molecule has 16 heavy (non-hydrogen) atoms. The van der Waals surface area contributed by atoms with Crippen molar-refractivity contribution in [3.8, 4) is 6.07 Å². The number of fused-ring (bicyclic) bond motifs is 1. The van der Waals surface area contributed by atoms with Gasteiger partial charge in [-0.1, -0.05) is 13.3 Å². The summed E-state index contributed by atoms with van der Waals surface area (Å²) >= 11 is 5.27. The molecule has 0 fully saturated rings. The number of unbranched alkanes of at least 4 members (excludes halogenated alkanes) is 1. The molecule has 0 unspecified atom stereocenters. The summed E-state index contributed by atoms with van der Waals surface area (Å²) in [5.41, 5.74) is 2.70. The molecule has 1 aromatic heterocycles. The third-order valence-electron chi connectivity index (χ3n) is 2.64. The van der Waals surface area contributed by atoms with Crippen molar-refractivity contribution in [2.45, 2.75) is 26.3 Å². The first-order valence-corrected chi connectivity index (χ1v) is 5.79. The Labute approximate surface area is 99.3 Å². The highest BCUT2D eigenvalue weighted by Gasteiger charge is 2.04. The van der Waals surface area contributed by atoms with E-state index in [1.807, 2.05) is 12.1 Å².